The summed E-state index contributed by atoms with van der Waals surface area (Å²) in [7, 11) is 0. The summed E-state index contributed by atoms with van der Waals surface area (Å²) in [6.07, 6.45) is 1.31. The summed E-state index contributed by atoms with van der Waals surface area (Å²) in [5, 5.41) is 3.84. The van der Waals surface area contributed by atoms with Crippen LogP contribution in [0, 0.1) is 0 Å². The Balaban J connectivity index is 1.92. The predicted molar refractivity (Wildman–Crippen MR) is 122 cm³/mol. The number of hydrogen-bond donors (Lipinski definition) is 3. The van der Waals surface area contributed by atoms with Crippen LogP contribution in [0.5, 0.6) is 0 Å². The van der Waals surface area contributed by atoms with E-state index >= 15 is 0 Å². The average Bonchev–Trinajstić information content (AvgIpc) is 2.74. The van der Waals surface area contributed by atoms with Crippen molar-refractivity contribution in [2.75, 3.05) is 11.1 Å². The number of rotatable bonds is 5. The number of pyridine rings is 1. The Hall–Kier alpha value is -3.91. The molecule has 0 saturated heterocycles. The van der Waals surface area contributed by atoms with Gasteiger partial charge in [-0.25, -0.2) is 9.97 Å². The first-order chi connectivity index (χ1) is 14.9. The van der Waals surface area contributed by atoms with Crippen LogP contribution in [0.1, 0.15) is 29.1 Å². The van der Waals surface area contributed by atoms with Crippen molar-refractivity contribution in [3.8, 4) is 5.69 Å². The normalized spacial score (nSPS) is 11.9. The van der Waals surface area contributed by atoms with Crippen LogP contribution < -0.4 is 22.3 Å². The molecule has 2 aromatic heterocycles. The summed E-state index contributed by atoms with van der Waals surface area (Å²) < 4.78 is 1.50. The number of nitrogens with two attached hydrogens (primary N) is 2. The van der Waals surface area contributed by atoms with E-state index in [1.54, 1.807) is 30.3 Å². The van der Waals surface area contributed by atoms with E-state index < -0.39 is 11.9 Å². The highest BCUT2D eigenvalue weighted by Gasteiger charge is 2.21. The van der Waals surface area contributed by atoms with Crippen molar-refractivity contribution in [1.29, 1.82) is 0 Å². The topological polar surface area (TPSA) is 129 Å². The van der Waals surface area contributed by atoms with Crippen LogP contribution in [0.2, 0.25) is 5.02 Å². The number of aromatic nitrogens is 3. The summed E-state index contributed by atoms with van der Waals surface area (Å²) in [4.78, 5) is 33.9. The third-order valence-electron chi connectivity index (χ3n) is 4.84. The van der Waals surface area contributed by atoms with Crippen molar-refractivity contribution in [2.45, 2.75) is 13.0 Å². The Bertz CT molecular complexity index is 1350. The molecule has 5 N–H and O–H groups in total. The molecule has 0 radical (unpaired) electrons. The molecule has 0 saturated carbocycles. The van der Waals surface area contributed by atoms with E-state index in [1.165, 1.54) is 16.8 Å². The SMILES string of the molecule is C[C@H](Nc1cc(N)ncc1C(N)=O)c1nc2cccc(Cl)c2c(=O)n1-c1ccccc1. The van der Waals surface area contributed by atoms with Crippen LogP contribution in [0.25, 0.3) is 16.6 Å². The number of fused-ring (bicyclic) bond motifs is 1. The molecule has 1 atom stereocenters. The van der Waals surface area contributed by atoms with E-state index in [0.717, 1.165) is 0 Å². The Morgan fingerprint density at radius 2 is 1.90 bits per heavy atom. The monoisotopic (exact) mass is 434 g/mol. The number of nitrogen functional groups attached to an aromatic ring is 1. The average molecular weight is 435 g/mol. The smallest absolute Gasteiger partial charge is 0.267 e. The first-order valence-corrected chi connectivity index (χ1v) is 9.83. The molecule has 9 heteroatoms. The zero-order valence-electron chi connectivity index (χ0n) is 16.5. The number of hydrogen-bond acceptors (Lipinski definition) is 6. The number of primary amides is 1. The van der Waals surface area contributed by atoms with Gasteiger partial charge in [-0.3, -0.25) is 14.2 Å². The predicted octanol–water partition coefficient (Wildman–Crippen LogP) is 3.29. The summed E-state index contributed by atoms with van der Waals surface area (Å²) >= 11 is 6.32. The van der Waals surface area contributed by atoms with Crippen molar-refractivity contribution in [3.63, 3.8) is 0 Å². The molecule has 4 rings (SSSR count). The van der Waals surface area contributed by atoms with Gasteiger partial charge in [0, 0.05) is 12.3 Å². The molecule has 0 unspecified atom stereocenters. The van der Waals surface area contributed by atoms with Gasteiger partial charge in [0.2, 0.25) is 0 Å². The molecule has 4 aromatic rings. The highest BCUT2D eigenvalue weighted by Crippen LogP contribution is 2.26. The minimum atomic E-state index is -0.652. The van der Waals surface area contributed by atoms with Gasteiger partial charge in [-0.1, -0.05) is 35.9 Å². The van der Waals surface area contributed by atoms with Gasteiger partial charge in [-0.2, -0.15) is 0 Å². The van der Waals surface area contributed by atoms with Gasteiger partial charge in [0.15, 0.2) is 0 Å². The summed E-state index contributed by atoms with van der Waals surface area (Å²) in [6, 6.07) is 15.3. The Morgan fingerprint density at radius 1 is 1.16 bits per heavy atom. The minimum Gasteiger partial charge on any atom is -0.384 e. The fourth-order valence-corrected chi connectivity index (χ4v) is 3.66. The maximum atomic E-state index is 13.5. The molecule has 2 heterocycles. The van der Waals surface area contributed by atoms with Gasteiger partial charge in [0.05, 0.1) is 38.9 Å². The molecule has 0 aliphatic carbocycles. The van der Waals surface area contributed by atoms with E-state index in [9.17, 15) is 9.59 Å². The van der Waals surface area contributed by atoms with Crippen LogP contribution in [-0.2, 0) is 0 Å². The number of carbonyl (C=O) groups is 1. The zero-order chi connectivity index (χ0) is 22.1. The highest BCUT2D eigenvalue weighted by atomic mass is 35.5. The molecule has 2 aromatic carbocycles. The Labute approximate surface area is 182 Å². The van der Waals surface area contributed by atoms with Crippen LogP contribution >= 0.6 is 11.6 Å². The lowest BCUT2D eigenvalue weighted by molar-refractivity contribution is 0.100. The van der Waals surface area contributed by atoms with E-state index in [-0.39, 0.29) is 16.9 Å². The summed E-state index contributed by atoms with van der Waals surface area (Å²) in [5.74, 6) is -0.00363. The van der Waals surface area contributed by atoms with Gasteiger partial charge in [-0.15, -0.1) is 0 Å². The number of nitrogens with zero attached hydrogens (tertiary/aromatic N) is 3. The highest BCUT2D eigenvalue weighted by molar-refractivity contribution is 6.35. The lowest BCUT2D eigenvalue weighted by Gasteiger charge is -2.21. The molecule has 0 spiro atoms. The molecule has 0 bridgehead atoms. The third kappa shape index (κ3) is 3.80. The van der Waals surface area contributed by atoms with Gasteiger partial charge >= 0.3 is 0 Å². The number of carbonyl (C=O) groups excluding carboxylic acids is 1. The molecular weight excluding hydrogens is 416 g/mol. The fraction of sp³-hybridized carbons (Fsp3) is 0.0909. The van der Waals surface area contributed by atoms with Crippen molar-refractivity contribution in [2.24, 2.45) is 5.73 Å². The van der Waals surface area contributed by atoms with Crippen LogP contribution in [0.3, 0.4) is 0 Å². The second kappa shape index (κ2) is 8.08. The number of para-hydroxylation sites is 1. The number of amides is 1. The molecule has 1 amide bonds. The summed E-state index contributed by atoms with van der Waals surface area (Å²) in [5.41, 5.74) is 12.6. The number of benzene rings is 2. The number of anilines is 2. The maximum absolute atomic E-state index is 13.5. The molecule has 156 valence electrons. The van der Waals surface area contributed by atoms with E-state index in [2.05, 4.69) is 10.3 Å². The van der Waals surface area contributed by atoms with E-state index in [4.69, 9.17) is 28.1 Å². The second-order valence-electron chi connectivity index (χ2n) is 6.97. The van der Waals surface area contributed by atoms with Crippen molar-refractivity contribution >= 4 is 39.9 Å². The minimum absolute atomic E-state index is 0.179. The largest absolute Gasteiger partial charge is 0.384 e. The Kier molecular flexibility index (Phi) is 5.31. The molecule has 0 aliphatic heterocycles. The third-order valence-corrected chi connectivity index (χ3v) is 5.15. The molecule has 0 fully saturated rings. The number of halogens is 1. The first-order valence-electron chi connectivity index (χ1n) is 9.45. The second-order valence-corrected chi connectivity index (χ2v) is 7.37. The maximum Gasteiger partial charge on any atom is 0.267 e. The molecule has 8 nitrogen and oxygen atoms in total. The lowest BCUT2D eigenvalue weighted by atomic mass is 10.1. The van der Waals surface area contributed by atoms with Crippen molar-refractivity contribution in [1.82, 2.24) is 14.5 Å². The Morgan fingerprint density at radius 3 is 2.61 bits per heavy atom. The molecule has 31 heavy (non-hydrogen) atoms. The van der Waals surface area contributed by atoms with Crippen molar-refractivity contribution in [3.05, 3.63) is 87.6 Å². The van der Waals surface area contributed by atoms with Crippen LogP contribution in [0.4, 0.5) is 11.5 Å². The van der Waals surface area contributed by atoms with Crippen molar-refractivity contribution < 1.29 is 4.79 Å². The van der Waals surface area contributed by atoms with Crippen LogP contribution in [0.15, 0.2) is 65.6 Å². The molecule has 0 aliphatic rings. The first kappa shape index (κ1) is 20.4. The van der Waals surface area contributed by atoms with Crippen LogP contribution in [-0.4, -0.2) is 20.4 Å². The standard InChI is InChI=1S/C22H19ClN6O2/c1-12(27-17-10-18(24)26-11-14(17)20(25)30)21-28-16-9-5-8-15(23)19(16)22(31)29(21)13-6-3-2-4-7-13/h2-12H,1H3,(H2,25,30)(H3,24,26,27)/t12-/m0/s1. The van der Waals surface area contributed by atoms with E-state index in [0.29, 0.717) is 33.1 Å². The van der Waals surface area contributed by atoms with Gasteiger partial charge in [-0.05, 0) is 31.2 Å². The lowest BCUT2D eigenvalue weighted by Crippen LogP contribution is -2.28. The zero-order valence-corrected chi connectivity index (χ0v) is 17.3. The molecular formula is C22H19ClN6O2. The number of nitrogens with one attached hydrogen (secondary N) is 1. The van der Waals surface area contributed by atoms with Gasteiger partial charge < -0.3 is 16.8 Å². The van der Waals surface area contributed by atoms with E-state index in [1.807, 2.05) is 25.1 Å². The quantitative estimate of drug-likeness (QED) is 0.442. The van der Waals surface area contributed by atoms with Gasteiger partial charge in [0.25, 0.3) is 11.5 Å². The fourth-order valence-electron chi connectivity index (χ4n) is 3.41. The van der Waals surface area contributed by atoms with Gasteiger partial charge in [0.1, 0.15) is 11.6 Å². The summed E-state index contributed by atoms with van der Waals surface area (Å²) in [6.45, 7) is 1.82.